The van der Waals surface area contributed by atoms with Crippen molar-refractivity contribution in [3.63, 3.8) is 0 Å². The largest absolute Gasteiger partial charge is 0.309 e. The summed E-state index contributed by atoms with van der Waals surface area (Å²) in [6.45, 7) is 0. The van der Waals surface area contributed by atoms with Crippen molar-refractivity contribution in [2.24, 2.45) is 0 Å². The third-order valence-electron chi connectivity index (χ3n) is 9.32. The summed E-state index contributed by atoms with van der Waals surface area (Å²) in [5, 5.41) is 4.94. The first kappa shape index (κ1) is 25.8. The first-order chi connectivity index (χ1) is 23.3. The number of fused-ring (bicyclic) bond motifs is 7. The molecule has 6 aromatic carbocycles. The number of benzene rings is 6. The van der Waals surface area contributed by atoms with Crippen molar-refractivity contribution >= 4 is 54.8 Å². The molecule has 10 aromatic rings. The van der Waals surface area contributed by atoms with Crippen LogP contribution in [0.25, 0.3) is 83.2 Å². The lowest BCUT2D eigenvalue weighted by molar-refractivity contribution is 1.07. The van der Waals surface area contributed by atoms with E-state index in [9.17, 15) is 0 Å². The number of hydrogen-bond acceptors (Lipinski definition) is 2. The van der Waals surface area contributed by atoms with Gasteiger partial charge in [0.05, 0.1) is 27.8 Å². The number of nitrogens with zero attached hydrogens (tertiary/aromatic N) is 5. The van der Waals surface area contributed by atoms with Gasteiger partial charge in [0.1, 0.15) is 11.3 Å². The molecule has 0 atom stereocenters. The van der Waals surface area contributed by atoms with E-state index in [1.165, 1.54) is 32.6 Å². The van der Waals surface area contributed by atoms with Crippen LogP contribution in [-0.4, -0.2) is 23.7 Å². The lowest BCUT2D eigenvalue weighted by Crippen LogP contribution is -2.00. The minimum atomic E-state index is 0.817. The average Bonchev–Trinajstić information content (AvgIpc) is 3.80. The van der Waals surface area contributed by atoms with Crippen molar-refractivity contribution in [2.75, 3.05) is 0 Å². The van der Waals surface area contributed by atoms with E-state index in [1.54, 1.807) is 0 Å². The van der Waals surface area contributed by atoms with E-state index in [4.69, 9.17) is 9.97 Å². The molecule has 0 aliphatic rings. The van der Waals surface area contributed by atoms with Crippen molar-refractivity contribution in [3.8, 4) is 28.5 Å². The predicted molar refractivity (Wildman–Crippen MR) is 193 cm³/mol. The molecule has 4 aromatic heterocycles. The minimum Gasteiger partial charge on any atom is -0.309 e. The van der Waals surface area contributed by atoms with Crippen LogP contribution in [-0.2, 0) is 0 Å². The van der Waals surface area contributed by atoms with Crippen molar-refractivity contribution in [1.29, 1.82) is 0 Å². The SMILES string of the molecule is c1ccc(-n2c(-c3ccc(-n4c5ccccc5c5ccccc54)cc3)nc3c(-n4c5ccccc5c5ccccc54)ccnc32)cc1. The number of rotatable bonds is 4. The maximum Gasteiger partial charge on any atom is 0.167 e. The van der Waals surface area contributed by atoms with Gasteiger partial charge in [-0.1, -0.05) is 91.0 Å². The Balaban J connectivity index is 1.21. The molecule has 220 valence electrons. The topological polar surface area (TPSA) is 40.6 Å². The first-order valence-electron chi connectivity index (χ1n) is 15.9. The molecule has 0 amide bonds. The zero-order valence-electron chi connectivity index (χ0n) is 25.3. The van der Waals surface area contributed by atoms with Gasteiger partial charge in [0.25, 0.3) is 0 Å². The van der Waals surface area contributed by atoms with Gasteiger partial charge in [0.15, 0.2) is 5.65 Å². The summed E-state index contributed by atoms with van der Waals surface area (Å²) in [5.41, 5.74) is 10.5. The predicted octanol–water partition coefficient (Wildman–Crippen LogP) is 10.3. The Morgan fingerprint density at radius 1 is 0.383 bits per heavy atom. The Kier molecular flexibility index (Phi) is 5.51. The smallest absolute Gasteiger partial charge is 0.167 e. The maximum absolute atomic E-state index is 5.39. The molecule has 5 nitrogen and oxygen atoms in total. The molecule has 0 radical (unpaired) electrons. The molecule has 0 N–H and O–H groups in total. The van der Waals surface area contributed by atoms with Gasteiger partial charge < -0.3 is 9.13 Å². The van der Waals surface area contributed by atoms with Crippen molar-refractivity contribution in [3.05, 3.63) is 164 Å². The molecule has 0 saturated heterocycles. The van der Waals surface area contributed by atoms with E-state index in [0.717, 1.165) is 50.6 Å². The fraction of sp³-hybridized carbons (Fsp3) is 0. The molecule has 0 spiro atoms. The molecule has 47 heavy (non-hydrogen) atoms. The number of hydrogen-bond donors (Lipinski definition) is 0. The Bertz CT molecular complexity index is 2680. The van der Waals surface area contributed by atoms with Gasteiger partial charge in [-0.3, -0.25) is 4.57 Å². The van der Waals surface area contributed by atoms with Gasteiger partial charge in [-0.25, -0.2) is 9.97 Å². The summed E-state index contributed by atoms with van der Waals surface area (Å²) < 4.78 is 6.85. The van der Waals surface area contributed by atoms with E-state index in [1.807, 2.05) is 12.3 Å². The zero-order valence-corrected chi connectivity index (χ0v) is 25.3. The Morgan fingerprint density at radius 2 is 0.851 bits per heavy atom. The van der Waals surface area contributed by atoms with Crippen LogP contribution < -0.4 is 0 Å². The molecule has 5 heteroatoms. The lowest BCUT2D eigenvalue weighted by atomic mass is 10.1. The molecule has 0 bridgehead atoms. The second-order valence-electron chi connectivity index (χ2n) is 11.9. The summed E-state index contributed by atoms with van der Waals surface area (Å²) in [7, 11) is 0. The molecule has 0 saturated carbocycles. The van der Waals surface area contributed by atoms with Crippen LogP contribution in [0.1, 0.15) is 0 Å². The summed E-state index contributed by atoms with van der Waals surface area (Å²) >= 11 is 0. The van der Waals surface area contributed by atoms with E-state index in [-0.39, 0.29) is 0 Å². The zero-order chi connectivity index (χ0) is 30.9. The van der Waals surface area contributed by atoms with Crippen molar-refractivity contribution < 1.29 is 0 Å². The van der Waals surface area contributed by atoms with Crippen molar-refractivity contribution in [2.45, 2.75) is 0 Å². The Morgan fingerprint density at radius 3 is 1.40 bits per heavy atom. The summed E-state index contributed by atoms with van der Waals surface area (Å²) in [6.07, 6.45) is 1.90. The van der Waals surface area contributed by atoms with Crippen molar-refractivity contribution in [1.82, 2.24) is 23.7 Å². The number of aromatic nitrogens is 5. The van der Waals surface area contributed by atoms with Crippen LogP contribution in [0, 0.1) is 0 Å². The molecular weight excluding hydrogens is 574 g/mol. The van der Waals surface area contributed by atoms with Crippen LogP contribution in [0.5, 0.6) is 0 Å². The lowest BCUT2D eigenvalue weighted by Gasteiger charge is -2.11. The number of imidazole rings is 1. The van der Waals surface area contributed by atoms with Crippen LogP contribution in [0.2, 0.25) is 0 Å². The fourth-order valence-corrected chi connectivity index (χ4v) is 7.30. The van der Waals surface area contributed by atoms with Crippen LogP contribution in [0.3, 0.4) is 0 Å². The molecule has 10 rings (SSSR count). The van der Waals surface area contributed by atoms with Gasteiger partial charge in [-0.15, -0.1) is 0 Å². The Hall–Kier alpha value is -6.46. The van der Waals surface area contributed by atoms with E-state index in [0.29, 0.717) is 0 Å². The summed E-state index contributed by atoms with van der Waals surface area (Å²) in [5.74, 6) is 0.848. The van der Waals surface area contributed by atoms with Gasteiger partial charge in [-0.2, -0.15) is 0 Å². The molecular formula is C42H27N5. The molecule has 0 fully saturated rings. The number of pyridine rings is 1. The average molecular weight is 602 g/mol. The third-order valence-corrected chi connectivity index (χ3v) is 9.32. The van der Waals surface area contributed by atoms with Gasteiger partial charge in [0.2, 0.25) is 0 Å². The summed E-state index contributed by atoms with van der Waals surface area (Å²) in [6, 6.07) is 55.6. The third kappa shape index (κ3) is 3.77. The van der Waals surface area contributed by atoms with Gasteiger partial charge in [-0.05, 0) is 66.7 Å². The molecule has 0 aliphatic carbocycles. The molecule has 0 unspecified atom stereocenters. The van der Waals surface area contributed by atoms with Crippen LogP contribution in [0.15, 0.2) is 164 Å². The second-order valence-corrected chi connectivity index (χ2v) is 11.9. The second kappa shape index (κ2) is 10.0. The molecule has 4 heterocycles. The highest BCUT2D eigenvalue weighted by Gasteiger charge is 2.21. The Labute approximate surface area is 270 Å². The normalized spacial score (nSPS) is 11.8. The standard InChI is InChI=1S/C42H27N5/c1-2-12-29(13-3-1)46-41(28-22-24-30(25-23-28)45-35-18-8-4-14-31(35)32-15-5-9-19-36(32)45)44-40-39(26-27-43-42(40)46)47-37-20-10-6-16-33(37)34-17-7-11-21-38(34)47/h1-27H. The highest BCUT2D eigenvalue weighted by molar-refractivity contribution is 6.11. The first-order valence-corrected chi connectivity index (χ1v) is 15.9. The van der Waals surface area contributed by atoms with Gasteiger partial charge in [0, 0.05) is 44.7 Å². The quantitative estimate of drug-likeness (QED) is 0.201. The minimum absolute atomic E-state index is 0.817. The monoisotopic (exact) mass is 601 g/mol. The fourth-order valence-electron chi connectivity index (χ4n) is 7.30. The summed E-state index contributed by atoms with van der Waals surface area (Å²) in [4.78, 5) is 10.3. The van der Waals surface area contributed by atoms with E-state index in [2.05, 4.69) is 165 Å². The van der Waals surface area contributed by atoms with E-state index < -0.39 is 0 Å². The van der Waals surface area contributed by atoms with Gasteiger partial charge >= 0.3 is 0 Å². The molecule has 0 aliphatic heterocycles. The highest BCUT2D eigenvalue weighted by atomic mass is 15.1. The highest BCUT2D eigenvalue weighted by Crippen LogP contribution is 2.37. The maximum atomic E-state index is 5.39. The van der Waals surface area contributed by atoms with Crippen LogP contribution >= 0.6 is 0 Å². The number of para-hydroxylation sites is 5. The van der Waals surface area contributed by atoms with E-state index >= 15 is 0 Å². The van der Waals surface area contributed by atoms with Crippen LogP contribution in [0.4, 0.5) is 0 Å².